The predicted octanol–water partition coefficient (Wildman–Crippen LogP) is 3.91. The minimum absolute atomic E-state index is 0.0123. The van der Waals surface area contributed by atoms with E-state index in [4.69, 9.17) is 14.2 Å². The van der Waals surface area contributed by atoms with Crippen LogP contribution in [0.2, 0.25) is 0 Å². The lowest BCUT2D eigenvalue weighted by Crippen LogP contribution is -2.57. The summed E-state index contributed by atoms with van der Waals surface area (Å²) in [5.74, 6) is -0.0323. The van der Waals surface area contributed by atoms with Crippen molar-refractivity contribution in [2.75, 3.05) is 37.1 Å². The van der Waals surface area contributed by atoms with Gasteiger partial charge in [0.05, 0.1) is 38.8 Å². The SMILES string of the molecule is COc1ccc(CN2C(=O)C(=O)C(C)c3c(N4CC5CCC(C4)N5C(=O)OC(C)(C)C)ccnc32)c(OC)c1. The molecule has 3 atom stereocenters. The topological polar surface area (TPSA) is 102 Å². The Kier molecular flexibility index (Phi) is 6.90. The summed E-state index contributed by atoms with van der Waals surface area (Å²) in [4.78, 5) is 49.6. The maximum Gasteiger partial charge on any atom is 0.410 e. The minimum atomic E-state index is -0.633. The zero-order chi connectivity index (χ0) is 28.1. The monoisotopic (exact) mass is 536 g/mol. The number of piperazine rings is 1. The van der Waals surface area contributed by atoms with E-state index in [9.17, 15) is 14.4 Å². The lowest BCUT2D eigenvalue weighted by atomic mass is 9.89. The number of Topliss-reactive ketones (excluding diaryl/α,β-unsaturated/α-hetero) is 1. The fourth-order valence-corrected chi connectivity index (χ4v) is 5.92. The molecule has 0 N–H and O–H groups in total. The van der Waals surface area contributed by atoms with Crippen molar-refractivity contribution in [3.8, 4) is 11.5 Å². The number of benzene rings is 1. The van der Waals surface area contributed by atoms with Crippen molar-refractivity contribution < 1.29 is 28.6 Å². The summed E-state index contributed by atoms with van der Waals surface area (Å²) >= 11 is 0. The molecule has 0 radical (unpaired) electrons. The van der Waals surface area contributed by atoms with Crippen LogP contribution in [0.4, 0.5) is 16.3 Å². The maximum atomic E-state index is 13.3. The molecule has 3 aliphatic rings. The summed E-state index contributed by atoms with van der Waals surface area (Å²) < 4.78 is 16.5. The molecule has 5 rings (SSSR count). The van der Waals surface area contributed by atoms with Gasteiger partial charge >= 0.3 is 6.09 Å². The lowest BCUT2D eigenvalue weighted by molar-refractivity contribution is -0.137. The highest BCUT2D eigenvalue weighted by Gasteiger charge is 2.46. The molecule has 39 heavy (non-hydrogen) atoms. The number of ketones is 1. The van der Waals surface area contributed by atoms with Crippen LogP contribution in [0, 0.1) is 0 Å². The summed E-state index contributed by atoms with van der Waals surface area (Å²) in [6, 6.07) is 7.30. The van der Waals surface area contributed by atoms with Gasteiger partial charge in [0.25, 0.3) is 5.91 Å². The zero-order valence-corrected chi connectivity index (χ0v) is 23.4. The van der Waals surface area contributed by atoms with Crippen molar-refractivity contribution in [2.24, 2.45) is 0 Å². The van der Waals surface area contributed by atoms with Crippen LogP contribution in [0.15, 0.2) is 30.5 Å². The van der Waals surface area contributed by atoms with Crippen molar-refractivity contribution in [3.05, 3.63) is 41.6 Å². The standard InChI is InChI=1S/C29H36N4O6/c1-17-24-22(31-15-19-8-9-20(16-31)33(19)28(36)39-29(2,3)4)11-12-30-26(24)32(27(35)25(17)34)14-18-7-10-21(37-5)13-23(18)38-6/h7,10-13,17,19-20H,8-9,14-16H2,1-6H3. The first kappa shape index (κ1) is 26.8. The number of nitrogens with zero attached hydrogens (tertiary/aromatic N) is 4. The molecule has 0 aliphatic carbocycles. The molecule has 10 nitrogen and oxygen atoms in total. The van der Waals surface area contributed by atoms with E-state index in [1.807, 2.05) is 37.8 Å². The average Bonchev–Trinajstić information content (AvgIpc) is 3.18. The van der Waals surface area contributed by atoms with Gasteiger partial charge in [-0.05, 0) is 51.8 Å². The van der Waals surface area contributed by atoms with Crippen LogP contribution in [0.5, 0.6) is 11.5 Å². The molecule has 3 unspecified atom stereocenters. The molecule has 208 valence electrons. The van der Waals surface area contributed by atoms with Crippen molar-refractivity contribution in [1.29, 1.82) is 0 Å². The van der Waals surface area contributed by atoms with Gasteiger partial charge in [-0.3, -0.25) is 19.4 Å². The van der Waals surface area contributed by atoms with E-state index in [0.29, 0.717) is 30.4 Å². The third-order valence-corrected chi connectivity index (χ3v) is 7.73. The van der Waals surface area contributed by atoms with Crippen LogP contribution in [-0.2, 0) is 20.9 Å². The Hall–Kier alpha value is -3.82. The molecule has 2 saturated heterocycles. The van der Waals surface area contributed by atoms with Crippen LogP contribution in [0.25, 0.3) is 0 Å². The van der Waals surface area contributed by atoms with Gasteiger partial charge in [-0.2, -0.15) is 0 Å². The van der Waals surface area contributed by atoms with Gasteiger partial charge in [-0.1, -0.05) is 6.92 Å². The van der Waals surface area contributed by atoms with Gasteiger partial charge in [0.2, 0.25) is 5.78 Å². The van der Waals surface area contributed by atoms with Gasteiger partial charge in [-0.25, -0.2) is 9.78 Å². The third-order valence-electron chi connectivity index (χ3n) is 7.73. The van der Waals surface area contributed by atoms with E-state index >= 15 is 0 Å². The Morgan fingerprint density at radius 3 is 2.36 bits per heavy atom. The summed E-state index contributed by atoms with van der Waals surface area (Å²) in [5, 5.41) is 0. The number of pyridine rings is 1. The smallest absolute Gasteiger partial charge is 0.410 e. The molecule has 2 amide bonds. The van der Waals surface area contributed by atoms with Crippen molar-refractivity contribution in [2.45, 2.75) is 70.7 Å². The van der Waals surface area contributed by atoms with Gasteiger partial charge < -0.3 is 19.1 Å². The second-order valence-electron chi connectivity index (χ2n) is 11.4. The van der Waals surface area contributed by atoms with Gasteiger partial charge in [-0.15, -0.1) is 0 Å². The molecular formula is C29H36N4O6. The number of hydrogen-bond donors (Lipinski definition) is 0. The Morgan fingerprint density at radius 1 is 1.05 bits per heavy atom. The highest BCUT2D eigenvalue weighted by Crippen LogP contribution is 2.43. The zero-order valence-electron chi connectivity index (χ0n) is 23.4. The first-order valence-electron chi connectivity index (χ1n) is 13.3. The van der Waals surface area contributed by atoms with Crippen molar-refractivity contribution in [3.63, 3.8) is 0 Å². The van der Waals surface area contributed by atoms with E-state index in [2.05, 4.69) is 9.88 Å². The first-order valence-corrected chi connectivity index (χ1v) is 13.3. The van der Waals surface area contributed by atoms with Crippen LogP contribution >= 0.6 is 0 Å². The van der Waals surface area contributed by atoms with Gasteiger partial charge in [0.15, 0.2) is 0 Å². The molecule has 1 aromatic carbocycles. The summed E-state index contributed by atoms with van der Waals surface area (Å²) in [6.07, 6.45) is 3.19. The number of rotatable bonds is 5. The summed E-state index contributed by atoms with van der Waals surface area (Å²) in [5.41, 5.74) is 1.78. The van der Waals surface area contributed by atoms with E-state index < -0.39 is 23.2 Å². The number of methoxy groups -OCH3 is 2. The number of hydrogen-bond acceptors (Lipinski definition) is 8. The van der Waals surface area contributed by atoms with Crippen LogP contribution < -0.4 is 19.3 Å². The fourth-order valence-electron chi connectivity index (χ4n) is 5.92. The van der Waals surface area contributed by atoms with E-state index in [1.54, 1.807) is 39.5 Å². The number of aromatic nitrogens is 1. The fraction of sp³-hybridized carbons (Fsp3) is 0.517. The highest BCUT2D eigenvalue weighted by atomic mass is 16.6. The average molecular weight is 537 g/mol. The molecular weight excluding hydrogens is 500 g/mol. The molecule has 2 aromatic rings. The van der Waals surface area contributed by atoms with E-state index in [-0.39, 0.29) is 24.7 Å². The lowest BCUT2D eigenvalue weighted by Gasteiger charge is -2.43. The third kappa shape index (κ3) is 4.88. The molecule has 2 bridgehead atoms. The molecule has 2 fully saturated rings. The molecule has 4 heterocycles. The van der Waals surface area contributed by atoms with Crippen LogP contribution in [0.3, 0.4) is 0 Å². The maximum absolute atomic E-state index is 13.3. The molecule has 1 aromatic heterocycles. The Morgan fingerprint density at radius 2 is 1.74 bits per heavy atom. The van der Waals surface area contributed by atoms with Gasteiger partial charge in [0, 0.05) is 42.2 Å². The van der Waals surface area contributed by atoms with E-state index in [0.717, 1.165) is 29.7 Å². The van der Waals surface area contributed by atoms with Crippen LogP contribution in [0.1, 0.15) is 57.6 Å². The second-order valence-corrected chi connectivity index (χ2v) is 11.4. The largest absolute Gasteiger partial charge is 0.497 e. The quantitative estimate of drug-likeness (QED) is 0.531. The predicted molar refractivity (Wildman–Crippen MR) is 145 cm³/mol. The normalized spacial score (nSPS) is 22.6. The summed E-state index contributed by atoms with van der Waals surface area (Å²) in [6.45, 7) is 8.76. The first-order chi connectivity index (χ1) is 18.5. The molecule has 0 spiro atoms. The minimum Gasteiger partial charge on any atom is -0.497 e. The number of carbonyl (C=O) groups is 3. The molecule has 3 aliphatic heterocycles. The number of amides is 2. The second kappa shape index (κ2) is 10.1. The molecule has 0 saturated carbocycles. The number of ether oxygens (including phenoxy) is 3. The summed E-state index contributed by atoms with van der Waals surface area (Å²) in [7, 11) is 3.13. The van der Waals surface area contributed by atoms with Crippen molar-refractivity contribution in [1.82, 2.24) is 9.88 Å². The highest BCUT2D eigenvalue weighted by molar-refractivity contribution is 6.44. The van der Waals surface area contributed by atoms with Gasteiger partial charge in [0.1, 0.15) is 22.9 Å². The van der Waals surface area contributed by atoms with Crippen LogP contribution in [-0.4, -0.2) is 72.7 Å². The Balaban J connectivity index is 1.47. The number of anilines is 2. The number of carbonyl (C=O) groups excluding carboxylic acids is 3. The molecule has 10 heteroatoms. The van der Waals surface area contributed by atoms with Crippen molar-refractivity contribution >= 4 is 29.3 Å². The number of fused-ring (bicyclic) bond motifs is 3. The Labute approximate surface area is 228 Å². The Bertz CT molecular complexity index is 1290. The van der Waals surface area contributed by atoms with E-state index in [1.165, 1.54) is 4.90 Å².